The molecule has 4 nitrogen and oxygen atoms in total. The molecule has 0 heterocycles. The van der Waals surface area contributed by atoms with Crippen molar-refractivity contribution in [1.82, 2.24) is 4.90 Å². The molecule has 0 aliphatic rings. The van der Waals surface area contributed by atoms with Crippen LogP contribution in [0.4, 0.5) is 0 Å². The van der Waals surface area contributed by atoms with Crippen LogP contribution >= 0.6 is 0 Å². The van der Waals surface area contributed by atoms with Gasteiger partial charge in [0.05, 0.1) is 13.0 Å². The van der Waals surface area contributed by atoms with Gasteiger partial charge in [-0.3, -0.25) is 9.59 Å². The van der Waals surface area contributed by atoms with Crippen LogP contribution in [0, 0.1) is 0 Å². The van der Waals surface area contributed by atoms with Gasteiger partial charge in [-0.25, -0.2) is 0 Å². The first-order valence-corrected chi connectivity index (χ1v) is 7.72. The van der Waals surface area contributed by atoms with E-state index in [4.69, 9.17) is 4.74 Å². The van der Waals surface area contributed by atoms with Crippen LogP contribution in [0.25, 0.3) is 0 Å². The molecule has 1 amide bonds. The van der Waals surface area contributed by atoms with Gasteiger partial charge in [-0.1, -0.05) is 46.1 Å². The molecule has 0 N–H and O–H groups in total. The van der Waals surface area contributed by atoms with Crippen LogP contribution in [0.5, 0.6) is 0 Å². The topological polar surface area (TPSA) is 46.6 Å². The van der Waals surface area contributed by atoms with Gasteiger partial charge in [0, 0.05) is 13.1 Å². The smallest absolute Gasteiger partial charge is 0.307 e. The molecule has 0 rings (SSSR count). The summed E-state index contributed by atoms with van der Waals surface area (Å²) in [4.78, 5) is 24.9. The molecule has 0 aromatic heterocycles. The highest BCUT2D eigenvalue weighted by Gasteiger charge is 2.12. The molecule has 0 aliphatic carbocycles. The molecule has 0 saturated heterocycles. The third-order valence-corrected chi connectivity index (χ3v) is 3.11. The average molecular weight is 283 g/mol. The molecule has 0 aliphatic heterocycles. The van der Waals surface area contributed by atoms with Crippen LogP contribution in [0.1, 0.15) is 58.8 Å². The summed E-state index contributed by atoms with van der Waals surface area (Å²) in [7, 11) is 0. The van der Waals surface area contributed by atoms with E-state index >= 15 is 0 Å². The Labute approximate surface area is 123 Å². The van der Waals surface area contributed by atoms with Gasteiger partial charge < -0.3 is 9.64 Å². The lowest BCUT2D eigenvalue weighted by Gasteiger charge is -2.20. The monoisotopic (exact) mass is 283 g/mol. The maximum atomic E-state index is 11.7. The molecule has 4 heteroatoms. The van der Waals surface area contributed by atoms with E-state index in [0.29, 0.717) is 19.7 Å². The van der Waals surface area contributed by atoms with Crippen molar-refractivity contribution < 1.29 is 14.3 Å². The second-order valence-electron chi connectivity index (χ2n) is 4.91. The quantitative estimate of drug-likeness (QED) is 0.313. The molecular formula is C16H29NO3. The fourth-order valence-electron chi connectivity index (χ4n) is 1.82. The molecule has 0 aromatic rings. The maximum Gasteiger partial charge on any atom is 0.307 e. The van der Waals surface area contributed by atoms with E-state index in [2.05, 4.69) is 20.4 Å². The molecule has 0 radical (unpaired) electrons. The zero-order valence-corrected chi connectivity index (χ0v) is 13.0. The molecule has 0 saturated carbocycles. The number of nitrogens with zero attached hydrogens (tertiary/aromatic N) is 1. The van der Waals surface area contributed by atoms with E-state index in [1.807, 2.05) is 0 Å². The van der Waals surface area contributed by atoms with Gasteiger partial charge in [-0.15, -0.1) is 0 Å². The fraction of sp³-hybridized carbons (Fsp3) is 0.750. The van der Waals surface area contributed by atoms with Gasteiger partial charge in [0.2, 0.25) is 5.91 Å². The van der Waals surface area contributed by atoms with Crippen molar-refractivity contribution in [2.75, 3.05) is 19.7 Å². The molecule has 0 unspecified atom stereocenters. The summed E-state index contributed by atoms with van der Waals surface area (Å²) < 4.78 is 5.09. The second-order valence-corrected chi connectivity index (χ2v) is 4.91. The van der Waals surface area contributed by atoms with E-state index in [0.717, 1.165) is 25.7 Å². The van der Waals surface area contributed by atoms with Crippen LogP contribution in [0.2, 0.25) is 0 Å². The van der Waals surface area contributed by atoms with Crippen molar-refractivity contribution in [3.05, 3.63) is 12.7 Å². The fourth-order valence-corrected chi connectivity index (χ4v) is 1.82. The van der Waals surface area contributed by atoms with Crippen LogP contribution in [-0.4, -0.2) is 36.5 Å². The lowest BCUT2D eigenvalue weighted by atomic mass is 10.2. The Balaban J connectivity index is 3.99. The molecule has 0 spiro atoms. The van der Waals surface area contributed by atoms with Crippen LogP contribution in [0.15, 0.2) is 12.7 Å². The summed E-state index contributed by atoms with van der Waals surface area (Å²) in [5, 5.41) is 0. The Kier molecular flexibility index (Phi) is 11.9. The lowest BCUT2D eigenvalue weighted by Crippen LogP contribution is -2.32. The number of amides is 1. The highest BCUT2D eigenvalue weighted by Crippen LogP contribution is 2.04. The van der Waals surface area contributed by atoms with E-state index in [1.165, 1.54) is 18.9 Å². The molecule has 0 atom stereocenters. The Hall–Kier alpha value is -1.32. The number of ether oxygens (including phenoxy) is 1. The number of carbonyl (C=O) groups excluding carboxylic acids is 2. The van der Waals surface area contributed by atoms with E-state index in [9.17, 15) is 9.59 Å². The number of hydrogen-bond acceptors (Lipinski definition) is 3. The van der Waals surface area contributed by atoms with Crippen molar-refractivity contribution >= 4 is 11.9 Å². The third kappa shape index (κ3) is 9.59. The third-order valence-electron chi connectivity index (χ3n) is 3.11. The van der Waals surface area contributed by atoms with Gasteiger partial charge >= 0.3 is 5.97 Å². The van der Waals surface area contributed by atoms with Gasteiger partial charge in [-0.05, 0) is 18.9 Å². The number of hydrogen-bond donors (Lipinski definition) is 0. The normalized spacial score (nSPS) is 10.1. The zero-order chi connectivity index (χ0) is 15.2. The highest BCUT2D eigenvalue weighted by atomic mass is 16.5. The highest BCUT2D eigenvalue weighted by molar-refractivity contribution is 5.87. The number of unbranched alkanes of at least 4 members (excludes halogenated alkanes) is 4. The van der Waals surface area contributed by atoms with Crippen LogP contribution in [-0.2, 0) is 14.3 Å². The van der Waals surface area contributed by atoms with E-state index < -0.39 is 0 Å². The summed E-state index contributed by atoms with van der Waals surface area (Å²) in [6, 6.07) is 0. The van der Waals surface area contributed by atoms with Gasteiger partial charge in [0.1, 0.15) is 0 Å². The first-order chi connectivity index (χ1) is 9.65. The minimum absolute atomic E-state index is 0.108. The first kappa shape index (κ1) is 18.7. The SMILES string of the molecule is C=CC(=O)N(CCCCCC)CCC(=O)OCCCC. The number of carbonyl (C=O) groups is 2. The lowest BCUT2D eigenvalue weighted by molar-refractivity contribution is -0.144. The molecule has 116 valence electrons. The average Bonchev–Trinajstić information content (AvgIpc) is 2.46. The first-order valence-electron chi connectivity index (χ1n) is 7.72. The van der Waals surface area contributed by atoms with Crippen LogP contribution < -0.4 is 0 Å². The van der Waals surface area contributed by atoms with E-state index in [-0.39, 0.29) is 18.3 Å². The van der Waals surface area contributed by atoms with Gasteiger partial charge in [0.15, 0.2) is 0 Å². The molecular weight excluding hydrogens is 254 g/mol. The largest absolute Gasteiger partial charge is 0.466 e. The zero-order valence-electron chi connectivity index (χ0n) is 13.0. The minimum Gasteiger partial charge on any atom is -0.466 e. The number of rotatable bonds is 12. The van der Waals surface area contributed by atoms with Gasteiger partial charge in [-0.2, -0.15) is 0 Å². The summed E-state index contributed by atoms with van der Waals surface area (Å²) in [5.74, 6) is -0.336. The predicted molar refractivity (Wildman–Crippen MR) is 81.4 cm³/mol. The van der Waals surface area contributed by atoms with Crippen molar-refractivity contribution in [2.24, 2.45) is 0 Å². The summed E-state index contributed by atoms with van der Waals surface area (Å²) >= 11 is 0. The van der Waals surface area contributed by atoms with Crippen molar-refractivity contribution in [2.45, 2.75) is 58.8 Å². The molecule has 0 aromatic carbocycles. The second kappa shape index (κ2) is 12.7. The summed E-state index contributed by atoms with van der Waals surface area (Å²) in [5.41, 5.74) is 0. The summed E-state index contributed by atoms with van der Waals surface area (Å²) in [6.07, 6.45) is 7.88. The van der Waals surface area contributed by atoms with E-state index in [1.54, 1.807) is 4.90 Å². The predicted octanol–water partition coefficient (Wildman–Crippen LogP) is 3.31. The van der Waals surface area contributed by atoms with Crippen molar-refractivity contribution in [3.63, 3.8) is 0 Å². The van der Waals surface area contributed by atoms with Crippen molar-refractivity contribution in [3.8, 4) is 0 Å². The Morgan fingerprint density at radius 1 is 1.05 bits per heavy atom. The maximum absolute atomic E-state index is 11.7. The van der Waals surface area contributed by atoms with Crippen LogP contribution in [0.3, 0.4) is 0 Å². The molecule has 0 fully saturated rings. The summed E-state index contributed by atoms with van der Waals surface area (Å²) in [6.45, 7) is 9.29. The Morgan fingerprint density at radius 2 is 1.75 bits per heavy atom. The minimum atomic E-state index is -0.228. The Bertz CT molecular complexity index is 289. The number of esters is 1. The molecule has 0 bridgehead atoms. The Morgan fingerprint density at radius 3 is 2.35 bits per heavy atom. The van der Waals surface area contributed by atoms with Crippen molar-refractivity contribution in [1.29, 1.82) is 0 Å². The van der Waals surface area contributed by atoms with Gasteiger partial charge in [0.25, 0.3) is 0 Å². The standard InChI is InChI=1S/C16H29NO3/c1-4-7-9-10-12-17(15(18)6-3)13-11-16(19)20-14-8-5-2/h6H,3-5,7-14H2,1-2H3. The molecule has 20 heavy (non-hydrogen) atoms.